The van der Waals surface area contributed by atoms with Gasteiger partial charge in [0.25, 0.3) is 0 Å². The number of halogens is 3. The number of nitrogens with zero attached hydrogens (tertiary/aromatic N) is 7. The molecule has 0 radical (unpaired) electrons. The number of rotatable bonds is 3. The average molecular weight is 476 g/mol. The SMILES string of the molecule is Cc1nc2nc(N3CCO[C@H](c4cnn(C)c4)C3)nc([C@H]3CC[C@H](C(F)(F)F)CC3)c2nc1C. The van der Waals surface area contributed by atoms with Crippen LogP contribution in [0.5, 0.6) is 0 Å². The van der Waals surface area contributed by atoms with Crippen LogP contribution in [-0.4, -0.2) is 55.6 Å². The van der Waals surface area contributed by atoms with E-state index in [9.17, 15) is 13.2 Å². The molecule has 0 unspecified atom stereocenters. The van der Waals surface area contributed by atoms with Crippen LogP contribution in [0.2, 0.25) is 0 Å². The van der Waals surface area contributed by atoms with Crippen molar-refractivity contribution in [2.75, 3.05) is 24.6 Å². The standard InChI is InChI=1S/C23H28F3N7O/c1-13-14(2)29-21-20(28-13)19(15-4-6-17(7-5-15)23(24,25)26)30-22(31-21)33-8-9-34-18(12-33)16-10-27-32(3)11-16/h10-11,15,17-18H,4-9,12H2,1-3H3/t15-,17-,18-/m0/s1. The molecule has 0 spiro atoms. The van der Waals surface area contributed by atoms with Gasteiger partial charge in [-0.1, -0.05) is 0 Å². The lowest BCUT2D eigenvalue weighted by Crippen LogP contribution is -2.39. The number of hydrogen-bond acceptors (Lipinski definition) is 7. The number of anilines is 1. The van der Waals surface area contributed by atoms with Gasteiger partial charge in [0, 0.05) is 31.3 Å². The van der Waals surface area contributed by atoms with Gasteiger partial charge < -0.3 is 9.64 Å². The van der Waals surface area contributed by atoms with Crippen LogP contribution in [0.3, 0.4) is 0 Å². The zero-order valence-electron chi connectivity index (χ0n) is 19.5. The van der Waals surface area contributed by atoms with E-state index in [2.05, 4.69) is 15.0 Å². The summed E-state index contributed by atoms with van der Waals surface area (Å²) in [6.45, 7) is 5.42. The van der Waals surface area contributed by atoms with Gasteiger partial charge in [0.2, 0.25) is 5.95 Å². The predicted molar refractivity (Wildman–Crippen MR) is 119 cm³/mol. The van der Waals surface area contributed by atoms with Crippen molar-refractivity contribution in [3.8, 4) is 0 Å². The van der Waals surface area contributed by atoms with E-state index in [1.807, 2.05) is 27.1 Å². The molecule has 1 aliphatic heterocycles. The van der Waals surface area contributed by atoms with Crippen LogP contribution in [0.15, 0.2) is 12.4 Å². The maximum Gasteiger partial charge on any atom is 0.391 e. The van der Waals surface area contributed by atoms with Gasteiger partial charge in [-0.15, -0.1) is 0 Å². The number of ether oxygens (including phenoxy) is 1. The largest absolute Gasteiger partial charge is 0.391 e. The molecule has 3 aromatic heterocycles. The molecular weight excluding hydrogens is 447 g/mol. The van der Waals surface area contributed by atoms with E-state index in [-0.39, 0.29) is 24.9 Å². The molecule has 34 heavy (non-hydrogen) atoms. The summed E-state index contributed by atoms with van der Waals surface area (Å²) in [5, 5.41) is 4.24. The van der Waals surface area contributed by atoms with Gasteiger partial charge in [0.1, 0.15) is 11.6 Å². The highest BCUT2D eigenvalue weighted by Crippen LogP contribution is 2.43. The first-order valence-electron chi connectivity index (χ1n) is 11.6. The van der Waals surface area contributed by atoms with Gasteiger partial charge >= 0.3 is 6.18 Å². The fourth-order valence-electron chi connectivity index (χ4n) is 4.88. The van der Waals surface area contributed by atoms with E-state index < -0.39 is 12.1 Å². The Balaban J connectivity index is 1.49. The summed E-state index contributed by atoms with van der Waals surface area (Å²) in [6, 6.07) is 0. The van der Waals surface area contributed by atoms with E-state index in [1.165, 1.54) is 0 Å². The Morgan fingerprint density at radius 2 is 1.74 bits per heavy atom. The molecule has 3 aromatic rings. The molecule has 4 heterocycles. The zero-order valence-corrected chi connectivity index (χ0v) is 19.5. The van der Waals surface area contributed by atoms with Gasteiger partial charge in [0.15, 0.2) is 5.65 Å². The molecule has 1 saturated carbocycles. The van der Waals surface area contributed by atoms with Crippen LogP contribution in [0, 0.1) is 19.8 Å². The van der Waals surface area contributed by atoms with Crippen molar-refractivity contribution < 1.29 is 17.9 Å². The summed E-state index contributed by atoms with van der Waals surface area (Å²) < 4.78 is 47.4. The van der Waals surface area contributed by atoms with Crippen LogP contribution < -0.4 is 4.90 Å². The van der Waals surface area contributed by atoms with Crippen LogP contribution in [0.4, 0.5) is 19.1 Å². The lowest BCUT2D eigenvalue weighted by molar-refractivity contribution is -0.182. The van der Waals surface area contributed by atoms with Crippen molar-refractivity contribution in [2.45, 2.75) is 57.7 Å². The molecule has 2 fully saturated rings. The number of alkyl halides is 3. The zero-order chi connectivity index (χ0) is 24.0. The van der Waals surface area contributed by atoms with E-state index in [0.29, 0.717) is 55.3 Å². The summed E-state index contributed by atoms with van der Waals surface area (Å²) in [5.41, 5.74) is 4.33. The second kappa shape index (κ2) is 8.75. The van der Waals surface area contributed by atoms with Crippen molar-refractivity contribution in [3.63, 3.8) is 0 Å². The molecule has 0 amide bonds. The summed E-state index contributed by atoms with van der Waals surface area (Å²) in [5.74, 6) is -0.824. The number of aromatic nitrogens is 6. The molecule has 1 saturated heterocycles. The van der Waals surface area contributed by atoms with E-state index in [4.69, 9.17) is 19.7 Å². The third kappa shape index (κ3) is 4.45. The highest BCUT2D eigenvalue weighted by Gasteiger charge is 2.42. The second-order valence-corrected chi connectivity index (χ2v) is 9.32. The quantitative estimate of drug-likeness (QED) is 0.562. The predicted octanol–water partition coefficient (Wildman–Crippen LogP) is 4.18. The topological polar surface area (TPSA) is 81.9 Å². The molecule has 0 N–H and O–H groups in total. The van der Waals surface area contributed by atoms with E-state index in [0.717, 1.165) is 17.0 Å². The minimum atomic E-state index is -4.15. The molecule has 11 heteroatoms. The fraction of sp³-hybridized carbons (Fsp3) is 0.609. The molecule has 0 aromatic carbocycles. The molecular formula is C23H28F3N7O. The lowest BCUT2D eigenvalue weighted by atomic mass is 9.80. The second-order valence-electron chi connectivity index (χ2n) is 9.32. The number of fused-ring (bicyclic) bond motifs is 1. The minimum Gasteiger partial charge on any atom is -0.370 e. The average Bonchev–Trinajstić information content (AvgIpc) is 3.25. The number of morpholine rings is 1. The van der Waals surface area contributed by atoms with Crippen LogP contribution >= 0.6 is 0 Å². The lowest BCUT2D eigenvalue weighted by Gasteiger charge is -2.34. The number of aryl methyl sites for hydroxylation is 3. The van der Waals surface area contributed by atoms with E-state index in [1.54, 1.807) is 10.9 Å². The summed E-state index contributed by atoms with van der Waals surface area (Å²) in [4.78, 5) is 21.0. The fourth-order valence-corrected chi connectivity index (χ4v) is 4.88. The molecule has 182 valence electrons. The van der Waals surface area contributed by atoms with Crippen LogP contribution in [0.25, 0.3) is 11.2 Å². The Hall–Kier alpha value is -2.82. The summed E-state index contributed by atoms with van der Waals surface area (Å²) >= 11 is 0. The first kappa shape index (κ1) is 22.9. The Kier molecular flexibility index (Phi) is 5.91. The Morgan fingerprint density at radius 1 is 1.00 bits per heavy atom. The first-order chi connectivity index (χ1) is 16.2. The highest BCUT2D eigenvalue weighted by molar-refractivity contribution is 5.75. The van der Waals surface area contributed by atoms with Crippen LogP contribution in [-0.2, 0) is 11.8 Å². The Labute approximate surface area is 195 Å². The molecule has 1 aliphatic carbocycles. The van der Waals surface area contributed by atoms with Crippen LogP contribution in [0.1, 0.15) is 60.4 Å². The van der Waals surface area contributed by atoms with Crippen molar-refractivity contribution >= 4 is 17.1 Å². The van der Waals surface area contributed by atoms with Gasteiger partial charge in [-0.25, -0.2) is 15.0 Å². The summed E-state index contributed by atoms with van der Waals surface area (Å²) in [7, 11) is 1.86. The molecule has 5 rings (SSSR count). The highest BCUT2D eigenvalue weighted by atomic mass is 19.4. The third-order valence-corrected chi connectivity index (χ3v) is 6.98. The maximum absolute atomic E-state index is 13.2. The number of hydrogen-bond donors (Lipinski definition) is 0. The van der Waals surface area contributed by atoms with Crippen molar-refractivity contribution in [3.05, 3.63) is 35.0 Å². The monoisotopic (exact) mass is 475 g/mol. The Morgan fingerprint density at radius 3 is 2.41 bits per heavy atom. The maximum atomic E-state index is 13.2. The smallest absolute Gasteiger partial charge is 0.370 e. The Bertz CT molecular complexity index is 1190. The van der Waals surface area contributed by atoms with Crippen molar-refractivity contribution in [2.24, 2.45) is 13.0 Å². The molecule has 8 nitrogen and oxygen atoms in total. The van der Waals surface area contributed by atoms with Crippen molar-refractivity contribution in [1.29, 1.82) is 0 Å². The third-order valence-electron chi connectivity index (χ3n) is 6.98. The van der Waals surface area contributed by atoms with E-state index >= 15 is 0 Å². The minimum absolute atomic E-state index is 0.102. The molecule has 1 atom stereocenters. The molecule has 0 bridgehead atoms. The van der Waals surface area contributed by atoms with Crippen molar-refractivity contribution in [1.82, 2.24) is 29.7 Å². The molecule has 2 aliphatic rings. The summed E-state index contributed by atoms with van der Waals surface area (Å²) in [6.07, 6.45) is 0.458. The van der Waals surface area contributed by atoms with Gasteiger partial charge in [-0.05, 0) is 39.5 Å². The normalized spacial score (nSPS) is 24.1. The first-order valence-corrected chi connectivity index (χ1v) is 11.6. The van der Waals surface area contributed by atoms with Gasteiger partial charge in [-0.2, -0.15) is 23.3 Å². The van der Waals surface area contributed by atoms with Gasteiger partial charge in [-0.3, -0.25) is 4.68 Å². The van der Waals surface area contributed by atoms with Gasteiger partial charge in [0.05, 0.1) is 42.3 Å².